The summed E-state index contributed by atoms with van der Waals surface area (Å²) in [6, 6.07) is 12.3. The highest BCUT2D eigenvalue weighted by Gasteiger charge is 2.09. The summed E-state index contributed by atoms with van der Waals surface area (Å²) >= 11 is 1.67. The second kappa shape index (κ2) is 7.43. The highest BCUT2D eigenvalue weighted by molar-refractivity contribution is 7.09. The van der Waals surface area contributed by atoms with Gasteiger partial charge in [0.1, 0.15) is 0 Å². The van der Waals surface area contributed by atoms with Crippen molar-refractivity contribution in [1.82, 2.24) is 0 Å². The number of rotatable bonds is 7. The summed E-state index contributed by atoms with van der Waals surface area (Å²) in [7, 11) is 1.98. The predicted molar refractivity (Wildman–Crippen MR) is 84.4 cm³/mol. The molecule has 0 saturated carbocycles. The third kappa shape index (κ3) is 4.63. The van der Waals surface area contributed by atoms with Crippen molar-refractivity contribution in [1.29, 1.82) is 0 Å². The summed E-state index contributed by atoms with van der Waals surface area (Å²) < 4.78 is 5.53. The smallest absolute Gasteiger partial charge is 0.0948 e. The molecule has 1 aromatic carbocycles. The van der Waals surface area contributed by atoms with Crippen LogP contribution in [0.1, 0.15) is 10.4 Å². The zero-order valence-corrected chi connectivity index (χ0v) is 12.8. The fourth-order valence-electron chi connectivity index (χ4n) is 1.96. The molecule has 0 bridgehead atoms. The van der Waals surface area contributed by atoms with Gasteiger partial charge in [-0.05, 0) is 30.5 Å². The van der Waals surface area contributed by atoms with Crippen LogP contribution in [0.2, 0.25) is 0 Å². The van der Waals surface area contributed by atoms with Gasteiger partial charge in [0.15, 0.2) is 0 Å². The van der Waals surface area contributed by atoms with Crippen LogP contribution in [0.25, 0.3) is 0 Å². The van der Waals surface area contributed by atoms with Crippen molar-refractivity contribution in [2.45, 2.75) is 19.6 Å². The molecule has 2 aromatic rings. The number of aryl methyl sites for hydroxylation is 1. The quantitative estimate of drug-likeness (QED) is 0.851. The van der Waals surface area contributed by atoms with Crippen LogP contribution in [0, 0.1) is 6.92 Å². The van der Waals surface area contributed by atoms with Crippen molar-refractivity contribution < 1.29 is 9.84 Å². The maximum atomic E-state index is 10.0. The van der Waals surface area contributed by atoms with Crippen molar-refractivity contribution >= 4 is 17.0 Å². The lowest BCUT2D eigenvalue weighted by atomic mass is 10.2. The first-order chi connectivity index (χ1) is 9.65. The molecule has 1 atom stereocenters. The normalized spacial score (nSPS) is 12.3. The number of nitrogens with zero attached hydrogens (tertiary/aromatic N) is 1. The molecule has 0 radical (unpaired) electrons. The van der Waals surface area contributed by atoms with Crippen LogP contribution in [-0.4, -0.2) is 31.4 Å². The van der Waals surface area contributed by atoms with Crippen molar-refractivity contribution in [3.05, 3.63) is 52.2 Å². The SMILES string of the molecule is Cc1ccc(N(C)CC(O)COCc2cccs2)cc1. The number of likely N-dealkylation sites (N-methyl/N-ethyl adjacent to an activating group) is 1. The second-order valence-electron chi connectivity index (χ2n) is 4.96. The van der Waals surface area contributed by atoms with Gasteiger partial charge >= 0.3 is 0 Å². The fourth-order valence-corrected chi connectivity index (χ4v) is 2.60. The van der Waals surface area contributed by atoms with Crippen LogP contribution in [0.15, 0.2) is 41.8 Å². The first kappa shape index (κ1) is 15.0. The maximum absolute atomic E-state index is 10.0. The van der Waals surface area contributed by atoms with Gasteiger partial charge in [0.25, 0.3) is 0 Å². The van der Waals surface area contributed by atoms with Crippen LogP contribution in [0.4, 0.5) is 5.69 Å². The lowest BCUT2D eigenvalue weighted by Gasteiger charge is -2.22. The minimum Gasteiger partial charge on any atom is -0.389 e. The Morgan fingerprint density at radius 3 is 2.65 bits per heavy atom. The maximum Gasteiger partial charge on any atom is 0.0948 e. The third-order valence-corrected chi connectivity index (χ3v) is 3.94. The molecule has 2 rings (SSSR count). The molecule has 0 saturated heterocycles. The molecule has 0 aliphatic heterocycles. The Morgan fingerprint density at radius 2 is 2.00 bits per heavy atom. The van der Waals surface area contributed by atoms with Gasteiger partial charge < -0.3 is 14.7 Å². The molecule has 108 valence electrons. The van der Waals surface area contributed by atoms with Gasteiger partial charge in [0, 0.05) is 24.2 Å². The van der Waals surface area contributed by atoms with E-state index in [-0.39, 0.29) is 0 Å². The van der Waals surface area contributed by atoms with Gasteiger partial charge in [-0.1, -0.05) is 23.8 Å². The molecule has 0 fully saturated rings. The Balaban J connectivity index is 1.73. The summed E-state index contributed by atoms with van der Waals surface area (Å²) in [5, 5.41) is 12.0. The Morgan fingerprint density at radius 1 is 1.25 bits per heavy atom. The van der Waals surface area contributed by atoms with E-state index in [1.807, 2.05) is 29.5 Å². The summed E-state index contributed by atoms with van der Waals surface area (Å²) in [6.45, 7) is 3.56. The summed E-state index contributed by atoms with van der Waals surface area (Å²) in [5.74, 6) is 0. The van der Waals surface area contributed by atoms with E-state index < -0.39 is 6.10 Å². The number of ether oxygens (including phenoxy) is 1. The van der Waals surface area contributed by atoms with Crippen molar-refractivity contribution in [2.24, 2.45) is 0 Å². The number of hydrogen-bond donors (Lipinski definition) is 1. The molecule has 1 aromatic heterocycles. The van der Waals surface area contributed by atoms with Gasteiger partial charge in [0.05, 0.1) is 19.3 Å². The predicted octanol–water partition coefficient (Wildman–Crippen LogP) is 3.07. The summed E-state index contributed by atoms with van der Waals surface area (Å²) in [6.07, 6.45) is -0.485. The Kier molecular flexibility index (Phi) is 5.59. The Bertz CT molecular complexity index is 496. The molecule has 0 aliphatic rings. The van der Waals surface area contributed by atoms with Crippen molar-refractivity contribution in [3.8, 4) is 0 Å². The standard InChI is InChI=1S/C16H21NO2S/c1-13-5-7-14(8-6-13)17(2)10-15(18)11-19-12-16-4-3-9-20-16/h3-9,15,18H,10-12H2,1-2H3. The number of thiophene rings is 1. The molecule has 1 N–H and O–H groups in total. The summed E-state index contributed by atoms with van der Waals surface area (Å²) in [4.78, 5) is 3.22. The molecular formula is C16H21NO2S. The average Bonchev–Trinajstić information content (AvgIpc) is 2.92. The van der Waals surface area contributed by atoms with Gasteiger partial charge in [-0.25, -0.2) is 0 Å². The summed E-state index contributed by atoms with van der Waals surface area (Å²) in [5.41, 5.74) is 2.34. The molecule has 20 heavy (non-hydrogen) atoms. The molecular weight excluding hydrogens is 270 g/mol. The van der Waals surface area contributed by atoms with Crippen LogP contribution in [0.5, 0.6) is 0 Å². The van der Waals surface area contributed by atoms with E-state index in [4.69, 9.17) is 4.74 Å². The number of aliphatic hydroxyl groups excluding tert-OH is 1. The zero-order chi connectivity index (χ0) is 14.4. The van der Waals surface area contributed by atoms with Gasteiger partial charge in [-0.3, -0.25) is 0 Å². The minimum absolute atomic E-state index is 0.355. The average molecular weight is 291 g/mol. The van der Waals surface area contributed by atoms with Crippen LogP contribution in [0.3, 0.4) is 0 Å². The molecule has 0 spiro atoms. The van der Waals surface area contributed by atoms with E-state index in [0.717, 1.165) is 5.69 Å². The van der Waals surface area contributed by atoms with E-state index in [0.29, 0.717) is 19.8 Å². The van der Waals surface area contributed by atoms with Crippen LogP contribution in [-0.2, 0) is 11.3 Å². The topological polar surface area (TPSA) is 32.7 Å². The number of aliphatic hydroxyl groups is 1. The Hall–Kier alpha value is -1.36. The first-order valence-corrected chi connectivity index (χ1v) is 7.59. The second-order valence-corrected chi connectivity index (χ2v) is 6.00. The number of hydrogen-bond acceptors (Lipinski definition) is 4. The molecule has 0 amide bonds. The van der Waals surface area contributed by atoms with Crippen molar-refractivity contribution in [2.75, 3.05) is 25.1 Å². The monoisotopic (exact) mass is 291 g/mol. The lowest BCUT2D eigenvalue weighted by Crippen LogP contribution is -2.32. The molecule has 3 nitrogen and oxygen atoms in total. The number of anilines is 1. The van der Waals surface area contributed by atoms with Gasteiger partial charge in [0.2, 0.25) is 0 Å². The van der Waals surface area contributed by atoms with Crippen LogP contribution < -0.4 is 4.90 Å². The van der Waals surface area contributed by atoms with E-state index >= 15 is 0 Å². The first-order valence-electron chi connectivity index (χ1n) is 6.71. The van der Waals surface area contributed by atoms with Crippen molar-refractivity contribution in [3.63, 3.8) is 0 Å². The Labute approximate surface area is 124 Å². The third-order valence-electron chi connectivity index (χ3n) is 3.09. The van der Waals surface area contributed by atoms with Crippen LogP contribution >= 0.6 is 11.3 Å². The minimum atomic E-state index is -0.485. The van der Waals surface area contributed by atoms with E-state index in [1.54, 1.807) is 11.3 Å². The fraction of sp³-hybridized carbons (Fsp3) is 0.375. The molecule has 1 unspecified atom stereocenters. The molecule has 0 aliphatic carbocycles. The van der Waals surface area contributed by atoms with Gasteiger partial charge in [-0.2, -0.15) is 0 Å². The highest BCUT2D eigenvalue weighted by atomic mass is 32.1. The largest absolute Gasteiger partial charge is 0.389 e. The molecule has 4 heteroatoms. The molecule has 1 heterocycles. The lowest BCUT2D eigenvalue weighted by molar-refractivity contribution is 0.0335. The number of benzene rings is 1. The van der Waals surface area contributed by atoms with E-state index in [2.05, 4.69) is 31.2 Å². The highest BCUT2D eigenvalue weighted by Crippen LogP contribution is 2.14. The van der Waals surface area contributed by atoms with Gasteiger partial charge in [-0.15, -0.1) is 11.3 Å². The zero-order valence-electron chi connectivity index (χ0n) is 12.0. The van der Waals surface area contributed by atoms with E-state index in [1.165, 1.54) is 10.4 Å². The van der Waals surface area contributed by atoms with E-state index in [9.17, 15) is 5.11 Å².